The highest BCUT2D eigenvalue weighted by Crippen LogP contribution is 2.21. The van der Waals surface area contributed by atoms with Crippen LogP contribution in [-0.4, -0.2) is 41.0 Å². The highest BCUT2D eigenvalue weighted by Gasteiger charge is 2.33. The average Bonchev–Trinajstić information content (AvgIpc) is 2.40. The van der Waals surface area contributed by atoms with E-state index in [1.54, 1.807) is 20.9 Å². The molecule has 21 heavy (non-hydrogen) atoms. The van der Waals surface area contributed by atoms with E-state index in [1.165, 1.54) is 4.90 Å². The number of nitrogens with zero attached hydrogens (tertiary/aromatic N) is 1. The first kappa shape index (κ1) is 17.2. The Labute approximate surface area is 126 Å². The number of carbonyl (C=O) groups excluding carboxylic acids is 1. The van der Waals surface area contributed by atoms with Crippen molar-refractivity contribution in [3.63, 3.8) is 0 Å². The molecule has 0 fully saturated rings. The zero-order valence-corrected chi connectivity index (χ0v) is 13.4. The molecular formula is C16H24N2O3. The standard InChI is InChI=1S/C16H24N2O3/c1-6-12-9-7-8-11(2)14(12)17-13(19)10-18(5)16(3,4)15(20)21/h7-9H,6,10H2,1-5H3,(H,17,19)(H,20,21). The number of carbonyl (C=O) groups is 2. The van der Waals surface area contributed by atoms with Crippen molar-refractivity contribution >= 4 is 17.6 Å². The maximum atomic E-state index is 12.2. The summed E-state index contributed by atoms with van der Waals surface area (Å²) in [5.74, 6) is -1.17. The van der Waals surface area contributed by atoms with Gasteiger partial charge < -0.3 is 10.4 Å². The van der Waals surface area contributed by atoms with E-state index in [0.717, 1.165) is 23.2 Å². The zero-order chi connectivity index (χ0) is 16.2. The average molecular weight is 292 g/mol. The van der Waals surface area contributed by atoms with Gasteiger partial charge in [-0.3, -0.25) is 14.5 Å². The monoisotopic (exact) mass is 292 g/mol. The molecule has 0 saturated carbocycles. The fourth-order valence-electron chi connectivity index (χ4n) is 1.96. The number of hydrogen-bond donors (Lipinski definition) is 2. The van der Waals surface area contributed by atoms with Gasteiger partial charge in [-0.2, -0.15) is 0 Å². The molecule has 5 nitrogen and oxygen atoms in total. The lowest BCUT2D eigenvalue weighted by atomic mass is 10.0. The maximum absolute atomic E-state index is 12.2. The van der Waals surface area contributed by atoms with Crippen LogP contribution in [0, 0.1) is 6.92 Å². The highest BCUT2D eigenvalue weighted by atomic mass is 16.4. The van der Waals surface area contributed by atoms with Gasteiger partial charge in [0.15, 0.2) is 0 Å². The largest absolute Gasteiger partial charge is 0.480 e. The zero-order valence-electron chi connectivity index (χ0n) is 13.4. The number of carboxylic acids is 1. The van der Waals surface area contributed by atoms with Crippen molar-refractivity contribution in [1.29, 1.82) is 0 Å². The second-order valence-electron chi connectivity index (χ2n) is 5.73. The SMILES string of the molecule is CCc1cccc(C)c1NC(=O)CN(C)C(C)(C)C(=O)O. The summed E-state index contributed by atoms with van der Waals surface area (Å²) in [5, 5.41) is 12.1. The number of aryl methyl sites for hydroxylation is 2. The number of carboxylic acid groups (broad SMARTS) is 1. The number of amides is 1. The molecule has 0 aliphatic heterocycles. The molecule has 0 heterocycles. The molecule has 0 bridgehead atoms. The van der Waals surface area contributed by atoms with Crippen molar-refractivity contribution in [3.8, 4) is 0 Å². The van der Waals surface area contributed by atoms with Gasteiger partial charge in [0, 0.05) is 5.69 Å². The number of rotatable bonds is 6. The fraction of sp³-hybridized carbons (Fsp3) is 0.500. The van der Waals surface area contributed by atoms with E-state index in [4.69, 9.17) is 5.11 Å². The first-order valence-corrected chi connectivity index (χ1v) is 7.03. The van der Waals surface area contributed by atoms with E-state index in [-0.39, 0.29) is 12.5 Å². The summed E-state index contributed by atoms with van der Waals surface area (Å²) in [7, 11) is 1.63. The maximum Gasteiger partial charge on any atom is 0.323 e. The molecule has 0 atom stereocenters. The van der Waals surface area contributed by atoms with Gasteiger partial charge in [0.1, 0.15) is 5.54 Å². The lowest BCUT2D eigenvalue weighted by molar-refractivity contribution is -0.148. The van der Waals surface area contributed by atoms with Gasteiger partial charge >= 0.3 is 5.97 Å². The second-order valence-corrected chi connectivity index (χ2v) is 5.73. The molecule has 0 saturated heterocycles. The van der Waals surface area contributed by atoms with Gasteiger partial charge in [0.2, 0.25) is 5.91 Å². The van der Waals surface area contributed by atoms with Crippen molar-refractivity contribution < 1.29 is 14.7 Å². The minimum Gasteiger partial charge on any atom is -0.480 e. The summed E-state index contributed by atoms with van der Waals surface area (Å²) in [6.45, 7) is 7.16. The predicted octanol–water partition coefficient (Wildman–Crippen LogP) is 2.29. The van der Waals surface area contributed by atoms with Crippen molar-refractivity contribution in [2.45, 2.75) is 39.7 Å². The molecule has 0 aliphatic carbocycles. The minimum atomic E-state index is -1.09. The molecule has 0 spiro atoms. The van der Waals surface area contributed by atoms with E-state index in [9.17, 15) is 9.59 Å². The topological polar surface area (TPSA) is 69.6 Å². The number of anilines is 1. The lowest BCUT2D eigenvalue weighted by Gasteiger charge is -2.30. The van der Waals surface area contributed by atoms with Crippen LogP contribution in [0.15, 0.2) is 18.2 Å². The first-order chi connectivity index (χ1) is 9.70. The van der Waals surface area contributed by atoms with E-state index < -0.39 is 11.5 Å². The Hall–Kier alpha value is -1.88. The summed E-state index contributed by atoms with van der Waals surface area (Å²) in [4.78, 5) is 24.9. The van der Waals surface area contributed by atoms with E-state index in [1.807, 2.05) is 32.0 Å². The quantitative estimate of drug-likeness (QED) is 0.844. The molecule has 1 rings (SSSR count). The smallest absolute Gasteiger partial charge is 0.323 e. The molecule has 2 N–H and O–H groups in total. The van der Waals surface area contributed by atoms with Crippen LogP contribution in [-0.2, 0) is 16.0 Å². The Balaban J connectivity index is 2.82. The van der Waals surface area contributed by atoms with Crippen molar-refractivity contribution in [2.75, 3.05) is 18.9 Å². The van der Waals surface area contributed by atoms with E-state index in [0.29, 0.717) is 0 Å². The van der Waals surface area contributed by atoms with Crippen molar-refractivity contribution in [2.24, 2.45) is 0 Å². The molecule has 5 heteroatoms. The van der Waals surface area contributed by atoms with Gasteiger partial charge in [-0.05, 0) is 45.4 Å². The first-order valence-electron chi connectivity index (χ1n) is 7.03. The molecule has 0 aromatic heterocycles. The third-order valence-electron chi connectivity index (χ3n) is 3.86. The number of para-hydroxylation sites is 1. The van der Waals surface area contributed by atoms with Gasteiger partial charge in [-0.15, -0.1) is 0 Å². The summed E-state index contributed by atoms with van der Waals surface area (Å²) in [6.07, 6.45) is 0.827. The van der Waals surface area contributed by atoms with E-state index >= 15 is 0 Å². The van der Waals surface area contributed by atoms with Crippen LogP contribution in [0.1, 0.15) is 31.9 Å². The van der Waals surface area contributed by atoms with Crippen LogP contribution in [0.3, 0.4) is 0 Å². The number of nitrogens with one attached hydrogen (secondary N) is 1. The second kappa shape index (κ2) is 6.72. The van der Waals surface area contributed by atoms with Crippen LogP contribution >= 0.6 is 0 Å². The molecule has 1 aromatic rings. The van der Waals surface area contributed by atoms with Crippen LogP contribution in [0.2, 0.25) is 0 Å². The van der Waals surface area contributed by atoms with Gasteiger partial charge in [-0.1, -0.05) is 25.1 Å². The Bertz CT molecular complexity index is 538. The Morgan fingerprint density at radius 2 is 1.95 bits per heavy atom. The number of aliphatic carboxylic acids is 1. The van der Waals surface area contributed by atoms with E-state index in [2.05, 4.69) is 5.32 Å². The summed E-state index contributed by atoms with van der Waals surface area (Å²) >= 11 is 0. The van der Waals surface area contributed by atoms with Crippen molar-refractivity contribution in [1.82, 2.24) is 4.90 Å². The highest BCUT2D eigenvalue weighted by molar-refractivity contribution is 5.94. The van der Waals surface area contributed by atoms with Crippen LogP contribution in [0.4, 0.5) is 5.69 Å². The molecule has 0 unspecified atom stereocenters. The Morgan fingerprint density at radius 1 is 1.33 bits per heavy atom. The molecule has 1 aromatic carbocycles. The minimum absolute atomic E-state index is 0.0246. The lowest BCUT2D eigenvalue weighted by Crippen LogP contribution is -2.50. The molecule has 1 amide bonds. The van der Waals surface area contributed by atoms with Crippen molar-refractivity contribution in [3.05, 3.63) is 29.3 Å². The third-order valence-corrected chi connectivity index (χ3v) is 3.86. The Kier molecular flexibility index (Phi) is 5.49. The fourth-order valence-corrected chi connectivity index (χ4v) is 1.96. The Morgan fingerprint density at radius 3 is 2.48 bits per heavy atom. The number of hydrogen-bond acceptors (Lipinski definition) is 3. The van der Waals surface area contributed by atoms with Gasteiger partial charge in [0.25, 0.3) is 0 Å². The normalized spacial score (nSPS) is 11.5. The third kappa shape index (κ3) is 4.04. The summed E-state index contributed by atoms with van der Waals surface area (Å²) in [5.41, 5.74) is 1.81. The van der Waals surface area contributed by atoms with Gasteiger partial charge in [0.05, 0.1) is 6.54 Å². The molecule has 0 radical (unpaired) electrons. The summed E-state index contributed by atoms with van der Waals surface area (Å²) in [6, 6.07) is 5.89. The van der Waals surface area contributed by atoms with Gasteiger partial charge in [-0.25, -0.2) is 0 Å². The molecular weight excluding hydrogens is 268 g/mol. The van der Waals surface area contributed by atoms with Crippen LogP contribution < -0.4 is 5.32 Å². The molecule has 116 valence electrons. The van der Waals surface area contributed by atoms with Crippen LogP contribution in [0.5, 0.6) is 0 Å². The number of likely N-dealkylation sites (N-methyl/N-ethyl adjacent to an activating group) is 1. The number of benzene rings is 1. The van der Waals surface area contributed by atoms with Crippen LogP contribution in [0.25, 0.3) is 0 Å². The molecule has 0 aliphatic rings. The summed E-state index contributed by atoms with van der Waals surface area (Å²) < 4.78 is 0. The predicted molar refractivity (Wildman–Crippen MR) is 83.5 cm³/mol.